The lowest BCUT2D eigenvalue weighted by atomic mass is 10.1. The van der Waals surface area contributed by atoms with Gasteiger partial charge in [-0.05, 0) is 38.7 Å². The summed E-state index contributed by atoms with van der Waals surface area (Å²) in [5.41, 5.74) is 2.78. The summed E-state index contributed by atoms with van der Waals surface area (Å²) in [7, 11) is 4.27. The average Bonchev–Trinajstić information content (AvgIpc) is 2.41. The van der Waals surface area contributed by atoms with Crippen LogP contribution in [-0.4, -0.2) is 45.2 Å². The molecule has 0 aliphatic heterocycles. The van der Waals surface area contributed by atoms with Crippen molar-refractivity contribution in [3.8, 4) is 0 Å². The quantitative estimate of drug-likeness (QED) is 0.739. The van der Waals surface area contributed by atoms with Gasteiger partial charge in [0.2, 0.25) is 0 Å². The van der Waals surface area contributed by atoms with Crippen LogP contribution in [0.15, 0.2) is 24.3 Å². The molecule has 3 heteroatoms. The number of rotatable bonds is 9. The molecule has 0 spiro atoms. The van der Waals surface area contributed by atoms with E-state index < -0.39 is 0 Å². The van der Waals surface area contributed by atoms with Gasteiger partial charge in [0.15, 0.2) is 0 Å². The molecule has 0 heterocycles. The van der Waals surface area contributed by atoms with Crippen LogP contribution in [0.1, 0.15) is 25.8 Å². The third-order valence-corrected chi connectivity index (χ3v) is 3.21. The van der Waals surface area contributed by atoms with Crippen molar-refractivity contribution in [2.75, 3.05) is 45.2 Å². The van der Waals surface area contributed by atoms with E-state index in [9.17, 15) is 0 Å². The van der Waals surface area contributed by atoms with Crippen molar-refractivity contribution < 1.29 is 0 Å². The van der Waals surface area contributed by atoms with Crippen LogP contribution < -0.4 is 10.2 Å². The molecule has 0 fully saturated rings. The molecule has 0 unspecified atom stereocenters. The molecule has 0 radical (unpaired) electrons. The summed E-state index contributed by atoms with van der Waals surface area (Å²) in [4.78, 5) is 4.75. The third-order valence-electron chi connectivity index (χ3n) is 3.21. The zero-order valence-electron chi connectivity index (χ0n) is 12.9. The second-order valence-electron chi connectivity index (χ2n) is 5.20. The summed E-state index contributed by atoms with van der Waals surface area (Å²) >= 11 is 0. The van der Waals surface area contributed by atoms with Crippen molar-refractivity contribution in [1.29, 1.82) is 0 Å². The van der Waals surface area contributed by atoms with Crippen LogP contribution in [0.25, 0.3) is 0 Å². The molecule has 3 nitrogen and oxygen atoms in total. The van der Waals surface area contributed by atoms with Gasteiger partial charge in [-0.3, -0.25) is 0 Å². The van der Waals surface area contributed by atoms with Crippen molar-refractivity contribution in [3.63, 3.8) is 0 Å². The average molecular weight is 263 g/mol. The van der Waals surface area contributed by atoms with E-state index >= 15 is 0 Å². The number of hydrogen-bond acceptors (Lipinski definition) is 3. The lowest BCUT2D eigenvalue weighted by molar-refractivity contribution is 0.412. The zero-order valence-corrected chi connectivity index (χ0v) is 12.9. The fraction of sp³-hybridized carbons (Fsp3) is 0.625. The molecule has 1 N–H and O–H groups in total. The number of likely N-dealkylation sites (N-methyl/N-ethyl adjacent to an activating group) is 1. The van der Waals surface area contributed by atoms with Gasteiger partial charge in [0.25, 0.3) is 0 Å². The first-order valence-corrected chi connectivity index (χ1v) is 7.37. The highest BCUT2D eigenvalue weighted by molar-refractivity contribution is 5.53. The van der Waals surface area contributed by atoms with Gasteiger partial charge < -0.3 is 15.1 Å². The maximum absolute atomic E-state index is 3.43. The van der Waals surface area contributed by atoms with Crippen molar-refractivity contribution >= 4 is 5.69 Å². The molecule has 1 rings (SSSR count). The minimum absolute atomic E-state index is 0.953. The van der Waals surface area contributed by atoms with Crippen LogP contribution in [0.2, 0.25) is 0 Å². The van der Waals surface area contributed by atoms with Gasteiger partial charge in [0, 0.05) is 31.9 Å². The maximum Gasteiger partial charge on any atom is 0.0412 e. The summed E-state index contributed by atoms with van der Waals surface area (Å²) in [6, 6.07) is 8.75. The highest BCUT2D eigenvalue weighted by Crippen LogP contribution is 2.20. The number of nitrogens with zero attached hydrogens (tertiary/aromatic N) is 2. The van der Waals surface area contributed by atoms with E-state index in [2.05, 4.69) is 67.3 Å². The Labute approximate surface area is 118 Å². The number of hydrogen-bond donors (Lipinski definition) is 1. The van der Waals surface area contributed by atoms with E-state index in [1.165, 1.54) is 17.7 Å². The molecule has 19 heavy (non-hydrogen) atoms. The highest BCUT2D eigenvalue weighted by atomic mass is 15.2. The maximum atomic E-state index is 3.43. The van der Waals surface area contributed by atoms with Crippen LogP contribution in [0, 0.1) is 0 Å². The van der Waals surface area contributed by atoms with Gasteiger partial charge in [-0.1, -0.05) is 32.0 Å². The second-order valence-corrected chi connectivity index (χ2v) is 5.20. The largest absolute Gasteiger partial charge is 0.370 e. The molecular weight excluding hydrogens is 234 g/mol. The molecule has 0 aliphatic carbocycles. The topological polar surface area (TPSA) is 18.5 Å². The molecule has 0 aromatic heterocycles. The summed E-state index contributed by atoms with van der Waals surface area (Å²) in [5.74, 6) is 0. The Morgan fingerprint density at radius 3 is 2.37 bits per heavy atom. The van der Waals surface area contributed by atoms with E-state index in [-0.39, 0.29) is 0 Å². The van der Waals surface area contributed by atoms with Gasteiger partial charge in [-0.2, -0.15) is 0 Å². The van der Waals surface area contributed by atoms with E-state index in [1.54, 1.807) is 0 Å². The molecule has 1 aromatic carbocycles. The number of para-hydroxylation sites is 1. The predicted molar refractivity (Wildman–Crippen MR) is 84.9 cm³/mol. The van der Waals surface area contributed by atoms with Gasteiger partial charge in [-0.15, -0.1) is 0 Å². The van der Waals surface area contributed by atoms with Crippen molar-refractivity contribution in [2.24, 2.45) is 0 Å². The SMILES string of the molecule is CCCN(CCN(C)C)c1ccccc1CNCC. The fourth-order valence-corrected chi connectivity index (χ4v) is 2.17. The highest BCUT2D eigenvalue weighted by Gasteiger charge is 2.10. The van der Waals surface area contributed by atoms with E-state index in [1.807, 2.05) is 0 Å². The Kier molecular flexibility index (Phi) is 7.53. The summed E-state index contributed by atoms with van der Waals surface area (Å²) < 4.78 is 0. The Bertz CT molecular complexity index is 350. The first kappa shape index (κ1) is 16.0. The molecule has 0 saturated carbocycles. The zero-order chi connectivity index (χ0) is 14.1. The van der Waals surface area contributed by atoms with E-state index in [0.29, 0.717) is 0 Å². The summed E-state index contributed by atoms with van der Waals surface area (Å²) in [6.45, 7) is 9.67. The summed E-state index contributed by atoms with van der Waals surface area (Å²) in [6.07, 6.45) is 1.18. The first-order valence-electron chi connectivity index (χ1n) is 7.37. The third kappa shape index (κ3) is 5.62. The van der Waals surface area contributed by atoms with Crippen molar-refractivity contribution in [2.45, 2.75) is 26.8 Å². The summed E-state index contributed by atoms with van der Waals surface area (Å²) in [5, 5.41) is 3.43. The minimum Gasteiger partial charge on any atom is -0.370 e. The van der Waals surface area contributed by atoms with Crippen molar-refractivity contribution in [1.82, 2.24) is 10.2 Å². The molecule has 0 atom stereocenters. The lowest BCUT2D eigenvalue weighted by Gasteiger charge is -2.28. The van der Waals surface area contributed by atoms with Gasteiger partial charge in [0.1, 0.15) is 0 Å². The Balaban J connectivity index is 2.81. The molecule has 0 aliphatic rings. The van der Waals surface area contributed by atoms with Crippen LogP contribution in [-0.2, 0) is 6.54 Å². The Morgan fingerprint density at radius 2 is 1.74 bits per heavy atom. The normalized spacial score (nSPS) is 11.0. The number of anilines is 1. The van der Waals surface area contributed by atoms with E-state index in [4.69, 9.17) is 0 Å². The molecule has 108 valence electrons. The Hall–Kier alpha value is -1.06. The number of benzene rings is 1. The second kappa shape index (κ2) is 8.94. The predicted octanol–water partition coefficient (Wildman–Crippen LogP) is 2.57. The van der Waals surface area contributed by atoms with Crippen molar-refractivity contribution in [3.05, 3.63) is 29.8 Å². The molecule has 1 aromatic rings. The van der Waals surface area contributed by atoms with Crippen LogP contribution in [0.4, 0.5) is 5.69 Å². The van der Waals surface area contributed by atoms with Gasteiger partial charge in [-0.25, -0.2) is 0 Å². The molecule has 0 bridgehead atoms. The first-order chi connectivity index (χ1) is 9.19. The molecule has 0 saturated heterocycles. The lowest BCUT2D eigenvalue weighted by Crippen LogP contribution is -2.33. The van der Waals surface area contributed by atoms with Gasteiger partial charge >= 0.3 is 0 Å². The fourth-order valence-electron chi connectivity index (χ4n) is 2.17. The number of nitrogens with one attached hydrogen (secondary N) is 1. The smallest absolute Gasteiger partial charge is 0.0412 e. The Morgan fingerprint density at radius 1 is 1.00 bits per heavy atom. The standard InChI is InChI=1S/C16H29N3/c1-5-11-19(13-12-18(3)4)16-10-8-7-9-15(16)14-17-6-2/h7-10,17H,5-6,11-14H2,1-4H3. The van der Waals surface area contributed by atoms with Crippen LogP contribution >= 0.6 is 0 Å². The van der Waals surface area contributed by atoms with Crippen LogP contribution in [0.5, 0.6) is 0 Å². The monoisotopic (exact) mass is 263 g/mol. The van der Waals surface area contributed by atoms with Crippen LogP contribution in [0.3, 0.4) is 0 Å². The minimum atomic E-state index is 0.953. The van der Waals surface area contributed by atoms with E-state index in [0.717, 1.165) is 32.7 Å². The molecule has 0 amide bonds. The van der Waals surface area contributed by atoms with Gasteiger partial charge in [0.05, 0.1) is 0 Å². The molecular formula is C16H29N3.